The van der Waals surface area contributed by atoms with Crippen LogP contribution in [0.2, 0.25) is 0 Å². The molecule has 0 aliphatic rings. The number of rotatable bonds is 6. The summed E-state index contributed by atoms with van der Waals surface area (Å²) in [4.78, 5) is 0. The van der Waals surface area contributed by atoms with Crippen LogP contribution in [-0.2, 0) is 5.75 Å². The number of nitrogens with zero attached hydrogens (tertiary/aromatic N) is 4. The zero-order valence-electron chi connectivity index (χ0n) is 13.1. The first kappa shape index (κ1) is 15.6. The molecule has 0 bridgehead atoms. The minimum absolute atomic E-state index is 0.602. The van der Waals surface area contributed by atoms with Gasteiger partial charge in [-0.1, -0.05) is 48.2 Å². The van der Waals surface area contributed by atoms with E-state index in [0.717, 1.165) is 22.3 Å². The molecule has 0 amide bonds. The van der Waals surface area contributed by atoms with Crippen LogP contribution in [-0.4, -0.2) is 26.8 Å². The first-order chi connectivity index (χ1) is 11.3. The number of aryl methyl sites for hydroxylation is 1. The number of hydrogen-bond acceptors (Lipinski definition) is 5. The molecule has 0 aliphatic heterocycles. The predicted molar refractivity (Wildman–Crippen MR) is 91.1 cm³/mol. The van der Waals surface area contributed by atoms with Gasteiger partial charge in [-0.05, 0) is 47.5 Å². The summed E-state index contributed by atoms with van der Waals surface area (Å²) in [5.41, 5.74) is 3.41. The predicted octanol–water partition coefficient (Wildman–Crippen LogP) is 3.66. The third-order valence-electron chi connectivity index (χ3n) is 3.45. The fourth-order valence-electron chi connectivity index (χ4n) is 2.24. The second-order valence-corrected chi connectivity index (χ2v) is 5.93. The van der Waals surface area contributed by atoms with E-state index in [0.29, 0.717) is 6.61 Å². The number of aromatic nitrogens is 4. The smallest absolute Gasteiger partial charge is 0.214 e. The van der Waals surface area contributed by atoms with E-state index in [1.165, 1.54) is 11.1 Å². The van der Waals surface area contributed by atoms with Crippen LogP contribution in [0.1, 0.15) is 18.1 Å². The minimum atomic E-state index is 0.602. The van der Waals surface area contributed by atoms with Crippen molar-refractivity contribution in [2.24, 2.45) is 0 Å². The molecule has 1 heterocycles. The van der Waals surface area contributed by atoms with Crippen molar-refractivity contribution in [3.8, 4) is 11.4 Å². The van der Waals surface area contributed by atoms with Crippen molar-refractivity contribution >= 4 is 11.8 Å². The van der Waals surface area contributed by atoms with Gasteiger partial charge >= 0.3 is 0 Å². The van der Waals surface area contributed by atoms with Crippen LogP contribution in [0.15, 0.2) is 53.7 Å². The molecule has 0 atom stereocenters. The van der Waals surface area contributed by atoms with Crippen molar-refractivity contribution in [1.82, 2.24) is 20.2 Å². The lowest BCUT2D eigenvalue weighted by molar-refractivity contribution is 0.337. The van der Waals surface area contributed by atoms with Crippen LogP contribution >= 0.6 is 11.8 Å². The van der Waals surface area contributed by atoms with E-state index in [2.05, 4.69) is 40.6 Å². The van der Waals surface area contributed by atoms with E-state index in [4.69, 9.17) is 4.74 Å². The van der Waals surface area contributed by atoms with E-state index < -0.39 is 0 Å². The van der Waals surface area contributed by atoms with Gasteiger partial charge in [0.2, 0.25) is 5.16 Å². The Balaban J connectivity index is 1.84. The second kappa shape index (κ2) is 7.28. The molecule has 0 spiro atoms. The fraction of sp³-hybridized carbons (Fsp3) is 0.235. The molecule has 0 N–H and O–H groups in total. The maximum absolute atomic E-state index is 5.67. The first-order valence-electron chi connectivity index (χ1n) is 7.47. The average molecular weight is 326 g/mol. The topological polar surface area (TPSA) is 52.8 Å². The van der Waals surface area contributed by atoms with Crippen molar-refractivity contribution in [3.63, 3.8) is 0 Å². The Labute approximate surface area is 139 Å². The second-order valence-electron chi connectivity index (χ2n) is 4.99. The fourth-order valence-corrected chi connectivity index (χ4v) is 3.20. The van der Waals surface area contributed by atoms with Gasteiger partial charge in [0.15, 0.2) is 0 Å². The summed E-state index contributed by atoms with van der Waals surface area (Å²) < 4.78 is 7.40. The molecule has 0 saturated carbocycles. The molecule has 0 fully saturated rings. The van der Waals surface area contributed by atoms with Gasteiger partial charge < -0.3 is 4.74 Å². The molecule has 1 aromatic heterocycles. The Kier molecular flexibility index (Phi) is 4.92. The Morgan fingerprint density at radius 3 is 2.70 bits per heavy atom. The third-order valence-corrected chi connectivity index (χ3v) is 4.42. The highest BCUT2D eigenvalue weighted by Crippen LogP contribution is 2.28. The van der Waals surface area contributed by atoms with Gasteiger partial charge in [-0.3, -0.25) is 0 Å². The molecule has 0 saturated heterocycles. The number of tetrazole rings is 1. The summed E-state index contributed by atoms with van der Waals surface area (Å²) in [6, 6.07) is 16.1. The molecular formula is C17H18N4OS. The molecule has 5 nitrogen and oxygen atoms in total. The monoisotopic (exact) mass is 326 g/mol. The highest BCUT2D eigenvalue weighted by molar-refractivity contribution is 7.98. The van der Waals surface area contributed by atoms with Crippen molar-refractivity contribution < 1.29 is 4.74 Å². The highest BCUT2D eigenvalue weighted by Gasteiger charge is 2.13. The van der Waals surface area contributed by atoms with Gasteiger partial charge in [-0.25, -0.2) is 0 Å². The molecule has 118 valence electrons. The quantitative estimate of drug-likeness (QED) is 0.647. The van der Waals surface area contributed by atoms with Gasteiger partial charge in [0, 0.05) is 5.75 Å². The molecule has 0 radical (unpaired) electrons. The van der Waals surface area contributed by atoms with Crippen LogP contribution in [0.3, 0.4) is 0 Å². The summed E-state index contributed by atoms with van der Waals surface area (Å²) in [5.74, 6) is 1.60. The standard InChI is InChI=1S/C17H18N4OS/c1-3-22-16-11-7-6-10-15(16)21-17(18-19-20-21)23-12-14-9-5-4-8-13(14)2/h4-11H,3,12H2,1-2H3. The number of thioether (sulfide) groups is 1. The molecule has 6 heteroatoms. The summed E-state index contributed by atoms with van der Waals surface area (Å²) in [5, 5.41) is 12.8. The molecule has 2 aromatic carbocycles. The van der Waals surface area contributed by atoms with Crippen LogP contribution < -0.4 is 4.74 Å². The largest absolute Gasteiger partial charge is 0.492 e. The summed E-state index contributed by atoms with van der Waals surface area (Å²) in [6.45, 7) is 4.68. The van der Waals surface area contributed by atoms with E-state index in [1.54, 1.807) is 16.4 Å². The Hall–Kier alpha value is -2.34. The lowest BCUT2D eigenvalue weighted by Gasteiger charge is -2.10. The summed E-state index contributed by atoms with van der Waals surface area (Å²) >= 11 is 1.61. The van der Waals surface area contributed by atoms with Crippen LogP contribution in [0.5, 0.6) is 5.75 Å². The Bertz CT molecular complexity index is 788. The normalized spacial score (nSPS) is 10.7. The van der Waals surface area contributed by atoms with Gasteiger partial charge in [-0.15, -0.1) is 5.10 Å². The average Bonchev–Trinajstić information content (AvgIpc) is 3.03. The van der Waals surface area contributed by atoms with Crippen molar-refractivity contribution in [1.29, 1.82) is 0 Å². The van der Waals surface area contributed by atoms with Crippen molar-refractivity contribution in [3.05, 3.63) is 59.7 Å². The zero-order chi connectivity index (χ0) is 16.1. The van der Waals surface area contributed by atoms with Crippen LogP contribution in [0.25, 0.3) is 5.69 Å². The molecule has 23 heavy (non-hydrogen) atoms. The van der Waals surface area contributed by atoms with Gasteiger partial charge in [0.25, 0.3) is 0 Å². The highest BCUT2D eigenvalue weighted by atomic mass is 32.2. The molecule has 0 aliphatic carbocycles. The third kappa shape index (κ3) is 3.53. The van der Waals surface area contributed by atoms with E-state index in [9.17, 15) is 0 Å². The maximum atomic E-state index is 5.67. The van der Waals surface area contributed by atoms with E-state index >= 15 is 0 Å². The molecule has 0 unspecified atom stereocenters. The van der Waals surface area contributed by atoms with Crippen molar-refractivity contribution in [2.45, 2.75) is 24.8 Å². The molecule has 3 rings (SSSR count). The number of benzene rings is 2. The Morgan fingerprint density at radius 1 is 1.09 bits per heavy atom. The summed E-state index contributed by atoms with van der Waals surface area (Å²) in [6.07, 6.45) is 0. The number of para-hydroxylation sites is 2. The van der Waals surface area contributed by atoms with Crippen LogP contribution in [0.4, 0.5) is 0 Å². The van der Waals surface area contributed by atoms with E-state index in [1.807, 2.05) is 37.3 Å². The zero-order valence-corrected chi connectivity index (χ0v) is 14.0. The lowest BCUT2D eigenvalue weighted by atomic mass is 10.1. The minimum Gasteiger partial charge on any atom is -0.492 e. The molecule has 3 aromatic rings. The number of ether oxygens (including phenoxy) is 1. The van der Waals surface area contributed by atoms with Gasteiger partial charge in [-0.2, -0.15) is 4.68 Å². The maximum Gasteiger partial charge on any atom is 0.214 e. The first-order valence-corrected chi connectivity index (χ1v) is 8.46. The Morgan fingerprint density at radius 2 is 1.87 bits per heavy atom. The SMILES string of the molecule is CCOc1ccccc1-n1nnnc1SCc1ccccc1C. The number of hydrogen-bond donors (Lipinski definition) is 0. The van der Waals surface area contributed by atoms with Crippen molar-refractivity contribution in [2.75, 3.05) is 6.61 Å². The van der Waals surface area contributed by atoms with Gasteiger partial charge in [0.1, 0.15) is 11.4 Å². The molecular weight excluding hydrogens is 308 g/mol. The lowest BCUT2D eigenvalue weighted by Crippen LogP contribution is -2.03. The van der Waals surface area contributed by atoms with Gasteiger partial charge in [0.05, 0.1) is 6.61 Å². The summed E-state index contributed by atoms with van der Waals surface area (Å²) in [7, 11) is 0. The van der Waals surface area contributed by atoms with Crippen LogP contribution in [0, 0.1) is 6.92 Å². The van der Waals surface area contributed by atoms with E-state index in [-0.39, 0.29) is 0 Å².